The Bertz CT molecular complexity index is 9690. The molecule has 0 aliphatic carbocycles. The monoisotopic (exact) mass is 1730 g/mol. The topological polar surface area (TPSA) is 92.1 Å². The van der Waals surface area contributed by atoms with Gasteiger partial charge in [-0.25, -0.2) is 0 Å². The van der Waals surface area contributed by atoms with Crippen molar-refractivity contribution in [1.29, 1.82) is 0 Å². The summed E-state index contributed by atoms with van der Waals surface area (Å²) in [7, 11) is 0. The predicted octanol–water partition coefficient (Wildman–Crippen LogP) is 33.2. The Morgan fingerprint density at radius 2 is 0.426 bits per heavy atom. The van der Waals surface area contributed by atoms with E-state index in [9.17, 15) is 0 Å². The van der Waals surface area contributed by atoms with Crippen molar-refractivity contribution < 1.29 is 0 Å². The lowest BCUT2D eigenvalue weighted by Gasteiger charge is -2.14. The van der Waals surface area contributed by atoms with Gasteiger partial charge >= 0.3 is 0 Å². The molecule has 0 atom stereocenters. The molecule has 28 aromatic rings. The summed E-state index contributed by atoms with van der Waals surface area (Å²) >= 11 is 0. The van der Waals surface area contributed by atoms with Crippen LogP contribution in [0.5, 0.6) is 0 Å². The van der Waals surface area contributed by atoms with E-state index in [1.807, 2.05) is 0 Å². The van der Waals surface area contributed by atoms with Crippen molar-refractivity contribution in [2.24, 2.45) is 0 Å². The summed E-state index contributed by atoms with van der Waals surface area (Å²) in [6.07, 6.45) is 10.7. The molecule has 9 nitrogen and oxygen atoms in total. The van der Waals surface area contributed by atoms with Crippen LogP contribution in [0.2, 0.25) is 0 Å². The van der Waals surface area contributed by atoms with Crippen LogP contribution in [0.25, 0.3) is 258 Å². The van der Waals surface area contributed by atoms with Gasteiger partial charge in [-0.3, -0.25) is 29.9 Å². The minimum Gasteiger partial charge on any atom is -0.309 e. The average Bonchev–Trinajstić information content (AvgIpc) is 1.67. The van der Waals surface area contributed by atoms with Crippen molar-refractivity contribution in [3.8, 4) is 83.8 Å². The number of aromatic nitrogens is 9. The molecule has 0 aliphatic heterocycles. The van der Waals surface area contributed by atoms with Gasteiger partial charge in [0.15, 0.2) is 0 Å². The molecular formula is C127H83N9. The Morgan fingerprint density at radius 3 is 0.831 bits per heavy atom. The fourth-order valence-electron chi connectivity index (χ4n) is 21.9. The maximum atomic E-state index is 4.74. The summed E-state index contributed by atoms with van der Waals surface area (Å²) in [6, 6.07) is 150. The molecule has 136 heavy (non-hydrogen) atoms. The zero-order valence-electron chi connectivity index (χ0n) is 74.7. The fourth-order valence-corrected chi connectivity index (χ4v) is 21.9. The third-order valence-corrected chi connectivity index (χ3v) is 27.8. The zero-order valence-corrected chi connectivity index (χ0v) is 74.7. The molecule has 0 saturated heterocycles. The zero-order chi connectivity index (χ0) is 90.2. The second-order valence-corrected chi connectivity index (χ2v) is 35.7. The average molecular weight is 1740 g/mol. The molecule has 22 aromatic carbocycles. The van der Waals surface area contributed by atoms with E-state index in [1.54, 1.807) is 37.2 Å². The Kier molecular flexibility index (Phi) is 18.8. The van der Waals surface area contributed by atoms with Gasteiger partial charge in [0.05, 0.1) is 66.2 Å². The Hall–Kier alpha value is -17.9. The van der Waals surface area contributed by atoms with Gasteiger partial charge < -0.3 is 13.7 Å². The SMILES string of the molecule is Cc1cc(C)c(-c2ccc3c(c2)c2ccccc2n3-c2cccc(-c3ccc4c(c3)c3ccccc3c3nccnc43)c2)c(C)c1.c1cc(-c2ccc3c(c2)c2ccccc2c2nccnc32)cc(-n2c3ccccc3c3cc(-c4cccc5ccccc45)ccc32)c1.c1ccc(-c2ccc3c(c2)c2ccccc2n3-c2cccc(-c3ccc4c(c3)c3ccccc3c3nccnc43)c2)cc1. The summed E-state index contributed by atoms with van der Waals surface area (Å²) in [4.78, 5) is 28.3. The summed E-state index contributed by atoms with van der Waals surface area (Å²) in [5.74, 6) is 0. The van der Waals surface area contributed by atoms with Gasteiger partial charge in [-0.1, -0.05) is 309 Å². The molecule has 0 spiro atoms. The van der Waals surface area contributed by atoms with Gasteiger partial charge in [0.1, 0.15) is 0 Å². The first-order valence-electron chi connectivity index (χ1n) is 46.4. The number of rotatable bonds is 9. The van der Waals surface area contributed by atoms with E-state index < -0.39 is 0 Å². The number of para-hydroxylation sites is 3. The molecule has 0 radical (unpaired) electrons. The van der Waals surface area contributed by atoms with Gasteiger partial charge in [-0.05, 0) is 251 Å². The first kappa shape index (κ1) is 79.1. The lowest BCUT2D eigenvalue weighted by atomic mass is 9.93. The molecule has 0 N–H and O–H groups in total. The molecule has 0 aliphatic rings. The van der Waals surface area contributed by atoms with E-state index in [1.165, 1.54) is 192 Å². The maximum Gasteiger partial charge on any atom is 0.0971 e. The van der Waals surface area contributed by atoms with Gasteiger partial charge in [-0.15, -0.1) is 0 Å². The van der Waals surface area contributed by atoms with E-state index >= 15 is 0 Å². The highest BCUT2D eigenvalue weighted by atomic mass is 15.0. The predicted molar refractivity (Wildman–Crippen MR) is 571 cm³/mol. The fraction of sp³-hybridized carbons (Fsp3) is 0.0236. The molecule has 28 rings (SSSR count). The molecule has 9 heteroatoms. The van der Waals surface area contributed by atoms with Crippen LogP contribution < -0.4 is 0 Å². The normalized spacial score (nSPS) is 11.8. The van der Waals surface area contributed by atoms with Crippen LogP contribution in [0.3, 0.4) is 0 Å². The van der Waals surface area contributed by atoms with Crippen molar-refractivity contribution in [3.05, 3.63) is 466 Å². The van der Waals surface area contributed by atoms with Gasteiger partial charge in [0.25, 0.3) is 0 Å². The lowest BCUT2D eigenvalue weighted by molar-refractivity contribution is 1.18. The number of hydrogen-bond acceptors (Lipinski definition) is 6. The molecule has 0 fully saturated rings. The van der Waals surface area contributed by atoms with Crippen LogP contribution >= 0.6 is 0 Å². The number of benzene rings is 22. The Balaban J connectivity index is 0.000000106. The molecule has 636 valence electrons. The molecule has 6 heterocycles. The highest BCUT2D eigenvalue weighted by Crippen LogP contribution is 2.46. The first-order chi connectivity index (χ1) is 67.2. The highest BCUT2D eigenvalue weighted by Gasteiger charge is 2.23. The van der Waals surface area contributed by atoms with Crippen LogP contribution in [0.1, 0.15) is 16.7 Å². The maximum absolute atomic E-state index is 4.74. The Labute approximate surface area is 783 Å². The Morgan fingerprint density at radius 1 is 0.162 bits per heavy atom. The first-order valence-corrected chi connectivity index (χ1v) is 46.4. The van der Waals surface area contributed by atoms with Crippen LogP contribution in [-0.2, 0) is 0 Å². The van der Waals surface area contributed by atoms with Gasteiger partial charge in [0.2, 0.25) is 0 Å². The van der Waals surface area contributed by atoms with Crippen molar-refractivity contribution in [2.45, 2.75) is 20.8 Å². The molecule has 0 unspecified atom stereocenters. The largest absolute Gasteiger partial charge is 0.309 e. The van der Waals surface area contributed by atoms with Crippen molar-refractivity contribution >= 4 is 174 Å². The highest BCUT2D eigenvalue weighted by molar-refractivity contribution is 6.27. The number of aryl methyl sites for hydroxylation is 3. The minimum atomic E-state index is 0.939. The van der Waals surface area contributed by atoms with Crippen molar-refractivity contribution in [3.63, 3.8) is 0 Å². The van der Waals surface area contributed by atoms with E-state index in [-0.39, 0.29) is 0 Å². The summed E-state index contributed by atoms with van der Waals surface area (Å²) in [5.41, 5.74) is 34.8. The standard InChI is InChI=1S/C44H27N3.C43H31N3.C40H25N3/c1-2-13-33-28(9-1)10-8-17-34(33)31-20-22-42-40(27-31)36-15-5-6-18-41(36)47(42)32-12-7-11-29(25-32)30-19-21-38-39(26-30)35-14-3-4-16-37(35)43-44(38)46-24-23-45-43;1-26-21-27(2)41(28(3)22-26)31-16-18-40-38(25-31)34-12-6-7-14-39(34)46(40)32-10-8-9-29(23-32)30-15-17-36-37(24-30)33-11-4-5-13-35(33)42-43(36)45-20-19-44-42;1-2-9-26(10-3-1)28-18-20-38-36(25-28)32-14-6-7-16-37(32)43(38)30-12-8-11-27(23-30)29-17-19-34-35(24-29)31-13-4-5-15-33(31)39-40(34)42-22-21-41-39/h1-27H;4-25H,1-3H3;1-25H. The summed E-state index contributed by atoms with van der Waals surface area (Å²) in [6.45, 7) is 6.62. The molecule has 6 aromatic heterocycles. The van der Waals surface area contributed by atoms with Crippen molar-refractivity contribution in [2.75, 3.05) is 0 Å². The van der Waals surface area contributed by atoms with Crippen LogP contribution in [0.4, 0.5) is 0 Å². The second kappa shape index (κ2) is 32.3. The third-order valence-electron chi connectivity index (χ3n) is 27.8. The van der Waals surface area contributed by atoms with E-state index in [0.717, 1.165) is 82.5 Å². The van der Waals surface area contributed by atoms with E-state index in [4.69, 9.17) is 24.9 Å². The molecular weight excluding hydrogens is 1650 g/mol. The minimum absolute atomic E-state index is 0.939. The number of nitrogens with zero attached hydrogens (tertiary/aromatic N) is 9. The number of fused-ring (bicyclic) bond motifs is 28. The lowest BCUT2D eigenvalue weighted by Crippen LogP contribution is -1.95. The van der Waals surface area contributed by atoms with Crippen LogP contribution in [0.15, 0.2) is 450 Å². The smallest absolute Gasteiger partial charge is 0.0971 e. The molecule has 0 saturated carbocycles. The summed E-state index contributed by atoms with van der Waals surface area (Å²) < 4.78 is 7.20. The van der Waals surface area contributed by atoms with Gasteiger partial charge in [-0.2, -0.15) is 0 Å². The van der Waals surface area contributed by atoms with Crippen molar-refractivity contribution in [1.82, 2.24) is 43.6 Å². The number of hydrogen-bond donors (Lipinski definition) is 0. The molecule has 0 amide bonds. The van der Waals surface area contributed by atoms with E-state index in [0.29, 0.717) is 0 Å². The second-order valence-electron chi connectivity index (χ2n) is 35.7. The van der Waals surface area contributed by atoms with Crippen LogP contribution in [-0.4, -0.2) is 43.6 Å². The molecule has 0 bridgehead atoms. The van der Waals surface area contributed by atoms with Gasteiger partial charge in [0, 0.05) is 119 Å². The summed E-state index contributed by atoms with van der Waals surface area (Å²) in [5, 5.41) is 24.0. The van der Waals surface area contributed by atoms with Crippen LogP contribution in [0, 0.1) is 20.8 Å². The third kappa shape index (κ3) is 13.1. The quantitative estimate of drug-likeness (QED) is 0.134. The van der Waals surface area contributed by atoms with E-state index in [2.05, 4.69) is 452 Å².